The first-order valence-corrected chi connectivity index (χ1v) is 9.55. The van der Waals surface area contributed by atoms with Crippen LogP contribution in [0.2, 0.25) is 0 Å². The first kappa shape index (κ1) is 18.0. The van der Waals surface area contributed by atoms with E-state index in [1.165, 1.54) is 51.4 Å². The van der Waals surface area contributed by atoms with Crippen molar-refractivity contribution < 1.29 is 9.47 Å². The highest BCUT2D eigenvalue weighted by Crippen LogP contribution is 2.41. The van der Waals surface area contributed by atoms with Crippen molar-refractivity contribution in [1.29, 1.82) is 0 Å². The lowest BCUT2D eigenvalue weighted by Gasteiger charge is -2.37. The van der Waals surface area contributed by atoms with E-state index in [0.717, 1.165) is 49.9 Å². The number of hydrogen-bond donors (Lipinski definition) is 0. The van der Waals surface area contributed by atoms with Gasteiger partial charge in [-0.05, 0) is 81.5 Å². The van der Waals surface area contributed by atoms with Crippen molar-refractivity contribution in [2.45, 2.75) is 64.7 Å². The summed E-state index contributed by atoms with van der Waals surface area (Å²) < 4.78 is 11.1. The first-order valence-electron chi connectivity index (χ1n) is 9.55. The first-order chi connectivity index (χ1) is 10.8. The molecule has 2 nitrogen and oxygen atoms in total. The van der Waals surface area contributed by atoms with E-state index >= 15 is 0 Å². The lowest BCUT2D eigenvalue weighted by atomic mass is 9.69. The van der Waals surface area contributed by atoms with Gasteiger partial charge in [-0.1, -0.05) is 19.1 Å². The third-order valence-corrected chi connectivity index (χ3v) is 5.82. The zero-order valence-corrected chi connectivity index (χ0v) is 14.8. The minimum absolute atomic E-state index is 0.803. The van der Waals surface area contributed by atoms with E-state index in [0.29, 0.717) is 0 Å². The van der Waals surface area contributed by atoms with Crippen LogP contribution in [0.3, 0.4) is 0 Å². The molecule has 2 aliphatic rings. The monoisotopic (exact) mass is 308 g/mol. The standard InChI is InChI=1S/C20H36O2/c1-3-4-5-14-22-16-18-8-12-20(13-9-18)19-10-6-17(7-11-19)15-21-2/h4-5,17-20H,3,6-16H2,1-2H3/b5-4-. The summed E-state index contributed by atoms with van der Waals surface area (Å²) in [5.74, 6) is 3.65. The third kappa shape index (κ3) is 6.04. The Morgan fingerprint density at radius 2 is 1.32 bits per heavy atom. The molecule has 0 aromatic rings. The lowest BCUT2D eigenvalue weighted by molar-refractivity contribution is 0.0685. The van der Waals surface area contributed by atoms with Crippen LogP contribution in [0.1, 0.15) is 64.7 Å². The van der Waals surface area contributed by atoms with E-state index in [1.807, 2.05) is 7.11 Å². The Kier molecular flexibility index (Phi) is 8.54. The molecule has 2 heteroatoms. The Balaban J connectivity index is 1.58. The van der Waals surface area contributed by atoms with Gasteiger partial charge in [0.05, 0.1) is 6.61 Å². The van der Waals surface area contributed by atoms with Gasteiger partial charge in [0, 0.05) is 20.3 Å². The summed E-state index contributed by atoms with van der Waals surface area (Å²) in [6.07, 6.45) is 16.8. The van der Waals surface area contributed by atoms with Crippen molar-refractivity contribution in [3.8, 4) is 0 Å². The van der Waals surface area contributed by atoms with Crippen molar-refractivity contribution in [2.75, 3.05) is 26.9 Å². The lowest BCUT2D eigenvalue weighted by Crippen LogP contribution is -2.28. The smallest absolute Gasteiger partial charge is 0.0647 e. The van der Waals surface area contributed by atoms with E-state index < -0.39 is 0 Å². The Bertz CT molecular complexity index is 297. The van der Waals surface area contributed by atoms with Gasteiger partial charge in [0.15, 0.2) is 0 Å². The molecule has 0 heterocycles. The van der Waals surface area contributed by atoms with Crippen molar-refractivity contribution in [3.63, 3.8) is 0 Å². The predicted octanol–water partition coefficient (Wildman–Crippen LogP) is 5.23. The molecule has 0 aromatic carbocycles. The molecule has 2 rings (SSSR count). The molecule has 0 spiro atoms. The summed E-state index contributed by atoms with van der Waals surface area (Å²) in [5, 5.41) is 0. The molecule has 128 valence electrons. The van der Waals surface area contributed by atoms with E-state index in [1.54, 1.807) is 0 Å². The summed E-state index contributed by atoms with van der Waals surface area (Å²) in [7, 11) is 1.84. The van der Waals surface area contributed by atoms with Crippen molar-refractivity contribution in [2.24, 2.45) is 23.7 Å². The van der Waals surface area contributed by atoms with Gasteiger partial charge in [0.25, 0.3) is 0 Å². The average molecular weight is 309 g/mol. The summed E-state index contributed by atoms with van der Waals surface area (Å²) in [4.78, 5) is 0. The van der Waals surface area contributed by atoms with E-state index in [9.17, 15) is 0 Å². The maximum absolute atomic E-state index is 5.80. The van der Waals surface area contributed by atoms with Gasteiger partial charge >= 0.3 is 0 Å². The van der Waals surface area contributed by atoms with Crippen molar-refractivity contribution in [3.05, 3.63) is 12.2 Å². The maximum atomic E-state index is 5.80. The van der Waals surface area contributed by atoms with Crippen LogP contribution in [0.15, 0.2) is 12.2 Å². The fourth-order valence-electron chi connectivity index (χ4n) is 4.43. The largest absolute Gasteiger partial charge is 0.384 e. The van der Waals surface area contributed by atoms with Gasteiger partial charge in [0.1, 0.15) is 0 Å². The van der Waals surface area contributed by atoms with Crippen LogP contribution in [0, 0.1) is 23.7 Å². The normalized spacial score (nSPS) is 33.4. The zero-order chi connectivity index (χ0) is 15.6. The van der Waals surface area contributed by atoms with Crippen molar-refractivity contribution >= 4 is 0 Å². The topological polar surface area (TPSA) is 18.5 Å². The van der Waals surface area contributed by atoms with Crippen LogP contribution < -0.4 is 0 Å². The van der Waals surface area contributed by atoms with Gasteiger partial charge in [-0.3, -0.25) is 0 Å². The second kappa shape index (κ2) is 10.4. The molecule has 0 amide bonds. The molecule has 0 aliphatic heterocycles. The Morgan fingerprint density at radius 3 is 1.82 bits per heavy atom. The van der Waals surface area contributed by atoms with Crippen LogP contribution in [0.25, 0.3) is 0 Å². The molecule has 0 N–H and O–H groups in total. The zero-order valence-electron chi connectivity index (χ0n) is 14.8. The summed E-state index contributed by atoms with van der Waals surface area (Å²) in [6, 6.07) is 0. The van der Waals surface area contributed by atoms with Crippen LogP contribution in [0.5, 0.6) is 0 Å². The van der Waals surface area contributed by atoms with E-state index in [-0.39, 0.29) is 0 Å². The van der Waals surface area contributed by atoms with Crippen LogP contribution in [0.4, 0.5) is 0 Å². The van der Waals surface area contributed by atoms with Gasteiger partial charge in [-0.2, -0.15) is 0 Å². The highest BCUT2D eigenvalue weighted by Gasteiger charge is 2.30. The summed E-state index contributed by atoms with van der Waals surface area (Å²) >= 11 is 0. The fraction of sp³-hybridized carbons (Fsp3) is 0.900. The molecule has 2 fully saturated rings. The van der Waals surface area contributed by atoms with Crippen LogP contribution in [-0.4, -0.2) is 26.9 Å². The molecule has 22 heavy (non-hydrogen) atoms. The van der Waals surface area contributed by atoms with Gasteiger partial charge in [0.2, 0.25) is 0 Å². The molecule has 0 atom stereocenters. The Morgan fingerprint density at radius 1 is 0.773 bits per heavy atom. The molecule has 2 aliphatic carbocycles. The predicted molar refractivity (Wildman–Crippen MR) is 93.0 cm³/mol. The number of ether oxygens (including phenoxy) is 2. The molecular formula is C20H36O2. The van der Waals surface area contributed by atoms with Crippen LogP contribution in [-0.2, 0) is 9.47 Å². The molecule has 0 radical (unpaired) electrons. The second-order valence-corrected chi connectivity index (χ2v) is 7.43. The highest BCUT2D eigenvalue weighted by molar-refractivity contribution is 4.83. The van der Waals surface area contributed by atoms with Gasteiger partial charge in [-0.15, -0.1) is 0 Å². The van der Waals surface area contributed by atoms with Gasteiger partial charge < -0.3 is 9.47 Å². The van der Waals surface area contributed by atoms with Crippen LogP contribution >= 0.6 is 0 Å². The molecule has 0 bridgehead atoms. The molecule has 0 unspecified atom stereocenters. The minimum atomic E-state index is 0.803. The quantitative estimate of drug-likeness (QED) is 0.451. The third-order valence-electron chi connectivity index (χ3n) is 5.82. The summed E-state index contributed by atoms with van der Waals surface area (Å²) in [6.45, 7) is 4.92. The van der Waals surface area contributed by atoms with Crippen molar-refractivity contribution in [1.82, 2.24) is 0 Å². The number of allylic oxidation sites excluding steroid dienone is 1. The number of hydrogen-bond acceptors (Lipinski definition) is 2. The fourth-order valence-corrected chi connectivity index (χ4v) is 4.43. The second-order valence-electron chi connectivity index (χ2n) is 7.43. The molecule has 2 saturated carbocycles. The number of methoxy groups -OCH3 is 1. The highest BCUT2D eigenvalue weighted by atomic mass is 16.5. The SMILES string of the molecule is CC/C=C\COCC1CCC(C2CCC(COC)CC2)CC1. The van der Waals surface area contributed by atoms with Gasteiger partial charge in [-0.25, -0.2) is 0 Å². The Labute approximate surface area is 137 Å². The maximum Gasteiger partial charge on any atom is 0.0647 e. The average Bonchev–Trinajstić information content (AvgIpc) is 2.56. The number of rotatable bonds is 8. The molecular weight excluding hydrogens is 272 g/mol. The minimum Gasteiger partial charge on any atom is -0.384 e. The Hall–Kier alpha value is -0.340. The molecule has 0 aromatic heterocycles. The van der Waals surface area contributed by atoms with E-state index in [4.69, 9.17) is 9.47 Å². The summed E-state index contributed by atoms with van der Waals surface area (Å²) in [5.41, 5.74) is 0. The van der Waals surface area contributed by atoms with E-state index in [2.05, 4.69) is 19.1 Å². The molecule has 0 saturated heterocycles.